The first-order valence-corrected chi connectivity index (χ1v) is 15.4. The van der Waals surface area contributed by atoms with Gasteiger partial charge in [0, 0.05) is 39.5 Å². The molecule has 10 heteroatoms. The van der Waals surface area contributed by atoms with E-state index in [1.54, 1.807) is 34.4 Å². The lowest BCUT2D eigenvalue weighted by molar-refractivity contribution is -0.109. The van der Waals surface area contributed by atoms with E-state index >= 15 is 0 Å². The second kappa shape index (κ2) is 11.8. The molecule has 0 radical (unpaired) electrons. The Morgan fingerprint density at radius 2 is 1.97 bits per heavy atom. The maximum atomic E-state index is 10.8. The highest BCUT2D eigenvalue weighted by atomic mass is 32.2. The molecule has 4 aromatic heterocycles. The first kappa shape index (κ1) is 25.9. The van der Waals surface area contributed by atoms with Crippen molar-refractivity contribution in [2.24, 2.45) is 0 Å². The van der Waals surface area contributed by atoms with Gasteiger partial charge in [-0.2, -0.15) is 0 Å². The summed E-state index contributed by atoms with van der Waals surface area (Å²) in [6.07, 6.45) is 6.74. The lowest BCUT2D eigenvalue weighted by atomic mass is 9.94. The third kappa shape index (κ3) is 5.99. The molecule has 6 rings (SSSR count). The highest BCUT2D eigenvalue weighted by Gasteiger charge is 2.23. The van der Waals surface area contributed by atoms with Gasteiger partial charge in [0.2, 0.25) is 0 Å². The summed E-state index contributed by atoms with van der Waals surface area (Å²) in [5.41, 5.74) is 3.34. The van der Waals surface area contributed by atoms with Crippen molar-refractivity contribution < 1.29 is 9.53 Å². The monoisotopic (exact) mass is 573 g/mol. The smallest absolute Gasteiger partial charge is 0.188 e. The van der Waals surface area contributed by atoms with Gasteiger partial charge in [-0.1, -0.05) is 30.0 Å². The number of anilines is 2. The summed E-state index contributed by atoms with van der Waals surface area (Å²) in [6.45, 7) is 4.46. The molecular weight excluding hydrogens is 547 g/mol. The predicted molar refractivity (Wildman–Crippen MR) is 159 cm³/mol. The number of benzene rings is 1. The minimum absolute atomic E-state index is 0.407. The fraction of sp³-hybridized carbons (Fsp3) is 0.241. The van der Waals surface area contributed by atoms with Crippen LogP contribution in [-0.4, -0.2) is 45.8 Å². The van der Waals surface area contributed by atoms with Crippen molar-refractivity contribution in [2.75, 3.05) is 25.0 Å². The zero-order chi connectivity index (χ0) is 26.6. The van der Waals surface area contributed by atoms with E-state index in [4.69, 9.17) is 14.7 Å². The van der Waals surface area contributed by atoms with Crippen molar-refractivity contribution in [3.63, 3.8) is 0 Å². The highest BCUT2D eigenvalue weighted by Crippen LogP contribution is 2.40. The molecule has 1 aromatic carbocycles. The largest absolute Gasteiger partial charge is 0.453 e. The molecule has 1 saturated heterocycles. The van der Waals surface area contributed by atoms with Crippen LogP contribution < -0.4 is 10.1 Å². The minimum atomic E-state index is 0.407. The number of hydrogen-bond donors (Lipinski definition) is 1. The van der Waals surface area contributed by atoms with Gasteiger partial charge in [0.15, 0.2) is 16.7 Å². The molecule has 1 fully saturated rings. The quantitative estimate of drug-likeness (QED) is 0.181. The number of thiophene rings is 1. The van der Waals surface area contributed by atoms with Crippen LogP contribution in [0.25, 0.3) is 10.2 Å². The zero-order valence-electron chi connectivity index (χ0n) is 21.4. The van der Waals surface area contributed by atoms with Crippen LogP contribution in [0.2, 0.25) is 0 Å². The SMILES string of the molecule is Cc1csc2c(Sc3cnc(Nc4nc(C5CCN(CC=O)CC5)cs4)c(Oc4ccccc4)c3)ccnc12. The number of rotatable bonds is 9. The third-order valence-electron chi connectivity index (χ3n) is 6.71. The van der Waals surface area contributed by atoms with Crippen LogP contribution in [0.1, 0.15) is 30.0 Å². The number of aldehydes is 1. The Hall–Kier alpha value is -3.31. The van der Waals surface area contributed by atoms with Crippen LogP contribution in [0.4, 0.5) is 10.9 Å². The van der Waals surface area contributed by atoms with Gasteiger partial charge in [0.1, 0.15) is 12.0 Å². The van der Waals surface area contributed by atoms with E-state index in [-0.39, 0.29) is 0 Å². The molecule has 1 aliphatic heterocycles. The number of carbonyl (C=O) groups excluding carboxylic acids is 1. The van der Waals surface area contributed by atoms with Crippen molar-refractivity contribution in [1.29, 1.82) is 0 Å². The lowest BCUT2D eigenvalue weighted by Gasteiger charge is -2.29. The summed E-state index contributed by atoms with van der Waals surface area (Å²) < 4.78 is 7.48. The average molecular weight is 574 g/mol. The Labute approximate surface area is 239 Å². The van der Waals surface area contributed by atoms with E-state index in [0.29, 0.717) is 24.0 Å². The van der Waals surface area contributed by atoms with Gasteiger partial charge in [0.05, 0.1) is 22.5 Å². The normalized spacial score (nSPS) is 14.5. The van der Waals surface area contributed by atoms with Crippen LogP contribution in [0.15, 0.2) is 75.4 Å². The van der Waals surface area contributed by atoms with Gasteiger partial charge in [-0.25, -0.2) is 9.97 Å². The maximum Gasteiger partial charge on any atom is 0.188 e. The van der Waals surface area contributed by atoms with Crippen LogP contribution in [-0.2, 0) is 4.79 Å². The zero-order valence-corrected chi connectivity index (χ0v) is 23.8. The van der Waals surface area contributed by atoms with Crippen LogP contribution >= 0.6 is 34.4 Å². The number of nitrogens with one attached hydrogen (secondary N) is 1. The second-order valence-corrected chi connectivity index (χ2v) is 12.2. The molecule has 0 spiro atoms. The molecule has 0 unspecified atom stereocenters. The Morgan fingerprint density at radius 3 is 2.79 bits per heavy atom. The summed E-state index contributed by atoms with van der Waals surface area (Å²) in [7, 11) is 0. The molecule has 0 saturated carbocycles. The molecule has 7 nitrogen and oxygen atoms in total. The Kier molecular flexibility index (Phi) is 7.87. The summed E-state index contributed by atoms with van der Waals surface area (Å²) in [5, 5.41) is 8.46. The van der Waals surface area contributed by atoms with Gasteiger partial charge in [0.25, 0.3) is 0 Å². The molecule has 1 N–H and O–H groups in total. The summed E-state index contributed by atoms with van der Waals surface area (Å²) in [6, 6.07) is 13.8. The highest BCUT2D eigenvalue weighted by molar-refractivity contribution is 7.99. The van der Waals surface area contributed by atoms with E-state index in [9.17, 15) is 4.79 Å². The lowest BCUT2D eigenvalue weighted by Crippen LogP contribution is -2.34. The Morgan fingerprint density at radius 1 is 1.13 bits per heavy atom. The van der Waals surface area contributed by atoms with Crippen LogP contribution in [0, 0.1) is 6.92 Å². The van der Waals surface area contributed by atoms with E-state index in [2.05, 4.69) is 32.9 Å². The average Bonchev–Trinajstić information content (AvgIpc) is 3.59. The second-order valence-electron chi connectivity index (χ2n) is 9.38. The van der Waals surface area contributed by atoms with Crippen LogP contribution in [0.5, 0.6) is 11.5 Å². The van der Waals surface area contributed by atoms with E-state index < -0.39 is 0 Å². The molecule has 0 amide bonds. The molecule has 0 atom stereocenters. The fourth-order valence-corrected chi connectivity index (χ4v) is 7.47. The van der Waals surface area contributed by atoms with Gasteiger partial charge in [-0.3, -0.25) is 9.88 Å². The number of carbonyl (C=O) groups is 1. The number of likely N-dealkylation sites (tertiary alicyclic amines) is 1. The van der Waals surface area contributed by atoms with E-state index in [1.807, 2.05) is 54.9 Å². The number of hydrogen-bond acceptors (Lipinski definition) is 10. The van der Waals surface area contributed by atoms with Crippen molar-refractivity contribution >= 4 is 61.9 Å². The first-order chi connectivity index (χ1) is 19.2. The maximum absolute atomic E-state index is 10.8. The summed E-state index contributed by atoms with van der Waals surface area (Å²) in [4.78, 5) is 29.4. The Balaban J connectivity index is 1.24. The van der Waals surface area contributed by atoms with Crippen molar-refractivity contribution in [3.8, 4) is 11.5 Å². The van der Waals surface area contributed by atoms with Crippen LogP contribution in [0.3, 0.4) is 0 Å². The third-order valence-corrected chi connectivity index (χ3v) is 9.75. The molecule has 1 aliphatic rings. The molecule has 5 aromatic rings. The number of thiazole rings is 1. The predicted octanol–water partition coefficient (Wildman–Crippen LogP) is 7.52. The summed E-state index contributed by atoms with van der Waals surface area (Å²) in [5.74, 6) is 2.41. The fourth-order valence-electron chi connectivity index (χ4n) is 4.65. The number of nitrogens with zero attached hydrogens (tertiary/aromatic N) is 4. The number of aryl methyl sites for hydroxylation is 1. The molecule has 0 aliphatic carbocycles. The van der Waals surface area contributed by atoms with Crippen molar-refractivity contribution in [1.82, 2.24) is 19.9 Å². The molecule has 0 bridgehead atoms. The van der Waals surface area contributed by atoms with Gasteiger partial charge < -0.3 is 14.8 Å². The van der Waals surface area contributed by atoms with E-state index in [1.165, 1.54) is 10.3 Å². The molecular formula is C29H27N5O2S3. The van der Waals surface area contributed by atoms with Crippen molar-refractivity contribution in [2.45, 2.75) is 35.5 Å². The van der Waals surface area contributed by atoms with E-state index in [0.717, 1.165) is 64.1 Å². The van der Waals surface area contributed by atoms with Crippen molar-refractivity contribution in [3.05, 3.63) is 76.9 Å². The van der Waals surface area contributed by atoms with Gasteiger partial charge in [-0.05, 0) is 62.0 Å². The number of fused-ring (bicyclic) bond motifs is 1. The summed E-state index contributed by atoms with van der Waals surface area (Å²) >= 11 is 4.95. The first-order valence-electron chi connectivity index (χ1n) is 12.8. The number of aromatic nitrogens is 3. The van der Waals surface area contributed by atoms with Gasteiger partial charge >= 0.3 is 0 Å². The standard InChI is InChI=1S/C29H27N5O2S3/c1-19-17-37-27-25(7-10-30-26(19)27)39-22-15-24(36-21-5-3-2-4-6-21)28(31-16-22)33-29-32-23(18-38-29)20-8-11-34(12-9-20)13-14-35/h2-7,10,14-18,20H,8-9,11-13H2,1H3,(H,31,32,33). The topological polar surface area (TPSA) is 80.2 Å². The number of pyridine rings is 2. The Bertz CT molecular complexity index is 1580. The number of piperidine rings is 1. The minimum Gasteiger partial charge on any atom is -0.453 e. The molecule has 5 heterocycles. The van der Waals surface area contributed by atoms with Gasteiger partial charge in [-0.15, -0.1) is 22.7 Å². The number of para-hydroxylation sites is 1. The number of ether oxygens (including phenoxy) is 1. The molecule has 198 valence electrons. The molecule has 39 heavy (non-hydrogen) atoms.